The highest BCUT2D eigenvalue weighted by molar-refractivity contribution is 6.31. The zero-order chi connectivity index (χ0) is 21.0. The third-order valence-corrected chi connectivity index (χ3v) is 4.83. The number of fused-ring (bicyclic) bond motifs is 1. The molecular formula is C20H20ClN3O5. The van der Waals surface area contributed by atoms with Crippen LogP contribution < -0.4 is 14.8 Å². The summed E-state index contributed by atoms with van der Waals surface area (Å²) in [6.07, 6.45) is 2.64. The number of carbonyl (C=O) groups excluding carboxylic acids is 1. The summed E-state index contributed by atoms with van der Waals surface area (Å²) in [7, 11) is 3.79. The molecule has 8 nitrogen and oxygen atoms in total. The molecule has 0 spiro atoms. The topological polar surface area (TPSA) is 93.9 Å². The Hall–Kier alpha value is -3.10. The largest absolute Gasteiger partial charge is 0.454 e. The minimum absolute atomic E-state index is 0.00805. The van der Waals surface area contributed by atoms with E-state index >= 15 is 0 Å². The molecule has 2 aromatic rings. The highest BCUT2D eigenvalue weighted by atomic mass is 35.5. The van der Waals surface area contributed by atoms with E-state index in [1.54, 1.807) is 6.07 Å². The van der Waals surface area contributed by atoms with E-state index in [0.717, 1.165) is 5.56 Å². The fourth-order valence-corrected chi connectivity index (χ4v) is 3.24. The molecule has 1 atom stereocenters. The van der Waals surface area contributed by atoms with Crippen LogP contribution in [-0.4, -0.2) is 43.2 Å². The Kier molecular flexibility index (Phi) is 6.36. The molecule has 1 heterocycles. The number of benzene rings is 2. The number of nitrogens with one attached hydrogen (secondary N) is 1. The number of nitrogens with zero attached hydrogens (tertiary/aromatic N) is 2. The van der Waals surface area contributed by atoms with Gasteiger partial charge in [-0.2, -0.15) is 0 Å². The number of nitro groups is 1. The van der Waals surface area contributed by atoms with Gasteiger partial charge in [0.15, 0.2) is 11.5 Å². The van der Waals surface area contributed by atoms with Gasteiger partial charge in [0.05, 0.1) is 22.6 Å². The van der Waals surface area contributed by atoms with Gasteiger partial charge < -0.3 is 19.7 Å². The van der Waals surface area contributed by atoms with Gasteiger partial charge in [-0.15, -0.1) is 0 Å². The van der Waals surface area contributed by atoms with Gasteiger partial charge in [-0.3, -0.25) is 14.9 Å². The molecule has 0 aliphatic carbocycles. The fourth-order valence-electron chi connectivity index (χ4n) is 2.98. The lowest BCUT2D eigenvalue weighted by molar-refractivity contribution is -0.385. The van der Waals surface area contributed by atoms with Crippen molar-refractivity contribution in [2.24, 2.45) is 0 Å². The van der Waals surface area contributed by atoms with Crippen molar-refractivity contribution in [2.75, 3.05) is 27.4 Å². The first-order valence-electron chi connectivity index (χ1n) is 8.81. The standard InChI is InChI=1S/C20H20ClN3O5/c1-23(2)17(14-5-3-4-6-15(14)21)11-22-20(25)8-7-13-9-18-19(29-12-28-18)10-16(13)24(26)27/h3-10,17H,11-12H2,1-2H3,(H,22,25)/b8-7+/t17-/m1/s1. The summed E-state index contributed by atoms with van der Waals surface area (Å²) in [5.74, 6) is 0.338. The van der Waals surface area contributed by atoms with Crippen molar-refractivity contribution in [3.05, 3.63) is 68.7 Å². The second-order valence-corrected chi connectivity index (χ2v) is 7.01. The van der Waals surface area contributed by atoms with E-state index in [-0.39, 0.29) is 30.0 Å². The molecular weight excluding hydrogens is 398 g/mol. The van der Waals surface area contributed by atoms with E-state index in [4.69, 9.17) is 21.1 Å². The molecule has 29 heavy (non-hydrogen) atoms. The van der Waals surface area contributed by atoms with Gasteiger partial charge in [0.2, 0.25) is 12.7 Å². The molecule has 1 aliphatic heterocycles. The Morgan fingerprint density at radius 2 is 2.00 bits per heavy atom. The molecule has 0 saturated carbocycles. The number of ether oxygens (including phenoxy) is 2. The van der Waals surface area contributed by atoms with Gasteiger partial charge >= 0.3 is 0 Å². The highest BCUT2D eigenvalue weighted by Crippen LogP contribution is 2.38. The Morgan fingerprint density at radius 3 is 2.66 bits per heavy atom. The summed E-state index contributed by atoms with van der Waals surface area (Å²) in [4.78, 5) is 25.0. The maximum absolute atomic E-state index is 12.3. The van der Waals surface area contributed by atoms with Crippen LogP contribution in [0.3, 0.4) is 0 Å². The van der Waals surface area contributed by atoms with Crippen molar-refractivity contribution in [3.63, 3.8) is 0 Å². The highest BCUT2D eigenvalue weighted by Gasteiger charge is 2.22. The molecule has 0 saturated heterocycles. The second-order valence-electron chi connectivity index (χ2n) is 6.60. The van der Waals surface area contributed by atoms with Crippen LogP contribution in [-0.2, 0) is 4.79 Å². The van der Waals surface area contributed by atoms with Crippen molar-refractivity contribution in [2.45, 2.75) is 6.04 Å². The number of rotatable bonds is 7. The quantitative estimate of drug-likeness (QED) is 0.421. The molecule has 1 aliphatic rings. The first-order valence-corrected chi connectivity index (χ1v) is 9.19. The molecule has 0 unspecified atom stereocenters. The van der Waals surface area contributed by atoms with Gasteiger partial charge in [-0.05, 0) is 37.9 Å². The molecule has 3 rings (SSSR count). The van der Waals surface area contributed by atoms with Crippen molar-refractivity contribution in [1.29, 1.82) is 0 Å². The first kappa shape index (κ1) is 20.6. The number of hydrogen-bond donors (Lipinski definition) is 1. The van der Waals surface area contributed by atoms with Crippen LogP contribution >= 0.6 is 11.6 Å². The minimum Gasteiger partial charge on any atom is -0.454 e. The predicted octanol–water partition coefficient (Wildman–Crippen LogP) is 3.41. The van der Waals surface area contributed by atoms with Crippen LogP contribution in [0.25, 0.3) is 6.08 Å². The van der Waals surface area contributed by atoms with Gasteiger partial charge in [0, 0.05) is 17.6 Å². The monoisotopic (exact) mass is 417 g/mol. The molecule has 1 amide bonds. The molecule has 2 aromatic carbocycles. The van der Waals surface area contributed by atoms with Gasteiger partial charge in [-0.1, -0.05) is 29.8 Å². The maximum atomic E-state index is 12.3. The fraction of sp³-hybridized carbons (Fsp3) is 0.250. The van der Waals surface area contributed by atoms with Gasteiger partial charge in [0.25, 0.3) is 5.69 Å². The molecule has 0 bridgehead atoms. The molecule has 0 radical (unpaired) electrons. The van der Waals surface area contributed by atoms with E-state index < -0.39 is 4.92 Å². The van der Waals surface area contributed by atoms with E-state index in [0.29, 0.717) is 23.1 Å². The normalized spacial score (nSPS) is 13.7. The minimum atomic E-state index is -0.529. The van der Waals surface area contributed by atoms with Crippen molar-refractivity contribution in [3.8, 4) is 11.5 Å². The second kappa shape index (κ2) is 8.93. The van der Waals surface area contributed by atoms with Gasteiger partial charge in [0.1, 0.15) is 0 Å². The zero-order valence-electron chi connectivity index (χ0n) is 15.9. The van der Waals surface area contributed by atoms with Crippen molar-refractivity contribution in [1.82, 2.24) is 10.2 Å². The molecule has 152 valence electrons. The Morgan fingerprint density at radius 1 is 1.31 bits per heavy atom. The summed E-state index contributed by atoms with van der Waals surface area (Å²) in [5.41, 5.74) is 0.986. The summed E-state index contributed by atoms with van der Waals surface area (Å²) < 4.78 is 10.4. The number of halogens is 1. The lowest BCUT2D eigenvalue weighted by Gasteiger charge is -2.25. The number of hydrogen-bond acceptors (Lipinski definition) is 6. The van der Waals surface area contributed by atoms with Crippen molar-refractivity contribution >= 4 is 29.3 Å². The third kappa shape index (κ3) is 4.85. The summed E-state index contributed by atoms with van der Waals surface area (Å²) in [6, 6.07) is 10.1. The Balaban J connectivity index is 1.71. The lowest BCUT2D eigenvalue weighted by Crippen LogP contribution is -2.33. The average molecular weight is 418 g/mol. The van der Waals surface area contributed by atoms with Crippen LogP contribution in [0.15, 0.2) is 42.5 Å². The van der Waals surface area contributed by atoms with Crippen LogP contribution in [0.5, 0.6) is 11.5 Å². The molecule has 9 heteroatoms. The number of amides is 1. The SMILES string of the molecule is CN(C)[C@H](CNC(=O)/C=C/c1cc2c(cc1[N+](=O)[O-])OCO2)c1ccccc1Cl. The predicted molar refractivity (Wildman–Crippen MR) is 109 cm³/mol. The summed E-state index contributed by atoms with van der Waals surface area (Å²) in [6.45, 7) is 0.331. The van der Waals surface area contributed by atoms with E-state index in [1.165, 1.54) is 24.3 Å². The van der Waals surface area contributed by atoms with E-state index in [2.05, 4.69) is 5.32 Å². The van der Waals surface area contributed by atoms with Crippen LogP contribution in [0.1, 0.15) is 17.2 Å². The van der Waals surface area contributed by atoms with E-state index in [1.807, 2.05) is 37.2 Å². The maximum Gasteiger partial charge on any atom is 0.280 e. The molecule has 1 N–H and O–H groups in total. The molecule has 0 aromatic heterocycles. The number of nitro benzene ring substituents is 1. The smallest absolute Gasteiger partial charge is 0.280 e. The molecule has 0 fully saturated rings. The third-order valence-electron chi connectivity index (χ3n) is 4.49. The zero-order valence-corrected chi connectivity index (χ0v) is 16.7. The Bertz CT molecular complexity index is 961. The average Bonchev–Trinajstić information content (AvgIpc) is 3.14. The van der Waals surface area contributed by atoms with Crippen LogP contribution in [0, 0.1) is 10.1 Å². The van der Waals surface area contributed by atoms with Gasteiger partial charge in [-0.25, -0.2) is 0 Å². The van der Waals surface area contributed by atoms with Crippen LogP contribution in [0.2, 0.25) is 5.02 Å². The van der Waals surface area contributed by atoms with E-state index in [9.17, 15) is 14.9 Å². The number of likely N-dealkylation sites (N-methyl/N-ethyl adjacent to an activating group) is 1. The lowest BCUT2D eigenvalue weighted by atomic mass is 10.1. The first-order chi connectivity index (χ1) is 13.9. The number of carbonyl (C=O) groups is 1. The summed E-state index contributed by atoms with van der Waals surface area (Å²) >= 11 is 6.27. The Labute approximate surface area is 172 Å². The van der Waals surface area contributed by atoms with Crippen molar-refractivity contribution < 1.29 is 19.2 Å². The van der Waals surface area contributed by atoms with Crippen LogP contribution in [0.4, 0.5) is 5.69 Å². The summed E-state index contributed by atoms with van der Waals surface area (Å²) in [5, 5.41) is 14.7.